The summed E-state index contributed by atoms with van der Waals surface area (Å²) in [7, 11) is 0. The number of imidazole rings is 1. The summed E-state index contributed by atoms with van der Waals surface area (Å²) >= 11 is 0. The zero-order chi connectivity index (χ0) is 19.7. The van der Waals surface area contributed by atoms with Gasteiger partial charge in [-0.2, -0.15) is 0 Å². The lowest BCUT2D eigenvalue weighted by molar-refractivity contribution is 0.0926. The number of carbonyl (C=O) groups is 2. The normalized spacial score (nSPS) is 14.4. The third kappa shape index (κ3) is 3.45. The maximum atomic E-state index is 13.9. The van der Waals surface area contributed by atoms with Crippen molar-refractivity contribution in [3.8, 4) is 0 Å². The number of fused-ring (bicyclic) bond motifs is 1. The Hall–Kier alpha value is -3.29. The molecule has 0 radical (unpaired) electrons. The highest BCUT2D eigenvalue weighted by molar-refractivity contribution is 6.09. The van der Waals surface area contributed by atoms with E-state index in [0.717, 1.165) is 37.8 Å². The van der Waals surface area contributed by atoms with E-state index in [1.807, 2.05) is 0 Å². The molecule has 1 fully saturated rings. The summed E-state index contributed by atoms with van der Waals surface area (Å²) in [6, 6.07) is 8.05. The number of anilines is 1. The minimum atomic E-state index is -0.893. The summed E-state index contributed by atoms with van der Waals surface area (Å²) in [6.45, 7) is 0. The van der Waals surface area contributed by atoms with E-state index < -0.39 is 17.5 Å². The molecule has 1 aliphatic carbocycles. The van der Waals surface area contributed by atoms with Crippen molar-refractivity contribution < 1.29 is 18.4 Å². The minimum Gasteiger partial charge on any atom is -0.347 e. The van der Waals surface area contributed by atoms with Gasteiger partial charge in [0.1, 0.15) is 11.6 Å². The molecule has 4 rings (SSSR count). The van der Waals surface area contributed by atoms with Crippen molar-refractivity contribution in [2.45, 2.75) is 31.7 Å². The van der Waals surface area contributed by atoms with Crippen LogP contribution in [0.2, 0.25) is 0 Å². The third-order valence-corrected chi connectivity index (χ3v) is 4.84. The molecule has 2 N–H and O–H groups in total. The molecule has 0 atom stereocenters. The second-order valence-electron chi connectivity index (χ2n) is 6.77. The van der Waals surface area contributed by atoms with Crippen molar-refractivity contribution in [3.63, 3.8) is 0 Å². The lowest BCUT2D eigenvalue weighted by Gasteiger charge is -2.10. The van der Waals surface area contributed by atoms with Gasteiger partial charge in [-0.3, -0.25) is 14.0 Å². The van der Waals surface area contributed by atoms with E-state index >= 15 is 0 Å². The Morgan fingerprint density at radius 2 is 1.86 bits per heavy atom. The number of hydrogen-bond acceptors (Lipinski definition) is 3. The quantitative estimate of drug-likeness (QED) is 0.723. The molecule has 1 aliphatic rings. The van der Waals surface area contributed by atoms with Crippen LogP contribution in [0.25, 0.3) is 5.52 Å². The van der Waals surface area contributed by atoms with Gasteiger partial charge in [0.2, 0.25) is 5.82 Å². The molecular weight excluding hydrogens is 366 g/mol. The Morgan fingerprint density at radius 3 is 2.61 bits per heavy atom. The van der Waals surface area contributed by atoms with Gasteiger partial charge in [-0.15, -0.1) is 0 Å². The largest absolute Gasteiger partial charge is 0.347 e. The summed E-state index contributed by atoms with van der Waals surface area (Å²) in [6.07, 6.45) is 5.63. The van der Waals surface area contributed by atoms with Gasteiger partial charge in [0.05, 0.1) is 11.2 Å². The van der Waals surface area contributed by atoms with E-state index in [4.69, 9.17) is 0 Å². The number of nitrogens with zero attached hydrogens (tertiary/aromatic N) is 2. The van der Waals surface area contributed by atoms with Crippen LogP contribution in [-0.2, 0) is 0 Å². The molecule has 0 aliphatic heterocycles. The molecule has 3 aromatic rings. The first-order chi connectivity index (χ1) is 13.5. The van der Waals surface area contributed by atoms with Gasteiger partial charge in [0.25, 0.3) is 11.8 Å². The standard InChI is InChI=1S/C20H18F2N4O2/c21-12-8-9-15(14(22)11-12)24-19(27)17-16-7-3-4-10-26(16)18(25-17)20(28)23-13-5-1-2-6-13/h3-4,7-11,13H,1-2,5-6H2,(H,23,28)(H,24,27). The first kappa shape index (κ1) is 18.1. The molecule has 0 bridgehead atoms. The van der Waals surface area contributed by atoms with Crippen LogP contribution in [0, 0.1) is 11.6 Å². The highest BCUT2D eigenvalue weighted by Gasteiger charge is 2.25. The molecule has 28 heavy (non-hydrogen) atoms. The Kier molecular flexibility index (Phi) is 4.77. The average Bonchev–Trinajstić information content (AvgIpc) is 3.31. The summed E-state index contributed by atoms with van der Waals surface area (Å²) < 4.78 is 28.4. The molecule has 6 nitrogen and oxygen atoms in total. The first-order valence-electron chi connectivity index (χ1n) is 9.07. The topological polar surface area (TPSA) is 75.5 Å². The van der Waals surface area contributed by atoms with Crippen molar-refractivity contribution in [1.29, 1.82) is 0 Å². The van der Waals surface area contributed by atoms with E-state index in [9.17, 15) is 18.4 Å². The minimum absolute atomic E-state index is 0.0131. The number of carbonyl (C=O) groups excluding carboxylic acids is 2. The molecule has 1 saturated carbocycles. The Morgan fingerprint density at radius 1 is 1.07 bits per heavy atom. The zero-order valence-electron chi connectivity index (χ0n) is 14.9. The van der Waals surface area contributed by atoms with Crippen LogP contribution in [0.3, 0.4) is 0 Å². The number of pyridine rings is 1. The van der Waals surface area contributed by atoms with Gasteiger partial charge >= 0.3 is 0 Å². The van der Waals surface area contributed by atoms with Crippen LogP contribution in [0.15, 0.2) is 42.6 Å². The Balaban J connectivity index is 1.65. The third-order valence-electron chi connectivity index (χ3n) is 4.84. The molecule has 2 aromatic heterocycles. The van der Waals surface area contributed by atoms with Gasteiger partial charge in [-0.05, 0) is 37.1 Å². The SMILES string of the molecule is O=C(Nc1ccc(F)cc1F)c1nc(C(=O)NC2CCCC2)n2ccccc12. The van der Waals surface area contributed by atoms with Gasteiger partial charge in [-0.25, -0.2) is 13.8 Å². The molecule has 1 aromatic carbocycles. The van der Waals surface area contributed by atoms with Crippen molar-refractivity contribution in [2.75, 3.05) is 5.32 Å². The van der Waals surface area contributed by atoms with E-state index in [1.165, 1.54) is 4.40 Å². The molecule has 8 heteroatoms. The Bertz CT molecular complexity index is 1060. The summed E-state index contributed by atoms with van der Waals surface area (Å²) in [5.41, 5.74) is 0.237. The fraction of sp³-hybridized carbons (Fsp3) is 0.250. The van der Waals surface area contributed by atoms with E-state index in [-0.39, 0.29) is 29.2 Å². The van der Waals surface area contributed by atoms with Crippen LogP contribution in [0.5, 0.6) is 0 Å². The van der Waals surface area contributed by atoms with Crippen LogP contribution in [-0.4, -0.2) is 27.2 Å². The van der Waals surface area contributed by atoms with Crippen molar-refractivity contribution in [3.05, 3.63) is 65.7 Å². The second kappa shape index (κ2) is 7.38. The van der Waals surface area contributed by atoms with Gasteiger partial charge in [0.15, 0.2) is 5.69 Å². The fourth-order valence-corrected chi connectivity index (χ4v) is 3.46. The predicted molar refractivity (Wildman–Crippen MR) is 99.2 cm³/mol. The molecule has 0 saturated heterocycles. The van der Waals surface area contributed by atoms with Crippen molar-refractivity contribution in [2.24, 2.45) is 0 Å². The van der Waals surface area contributed by atoms with Gasteiger partial charge in [0, 0.05) is 18.3 Å². The number of nitrogens with one attached hydrogen (secondary N) is 2. The van der Waals surface area contributed by atoms with Gasteiger partial charge < -0.3 is 10.6 Å². The summed E-state index contributed by atoms with van der Waals surface area (Å²) in [5, 5.41) is 5.33. The average molecular weight is 384 g/mol. The number of aromatic nitrogens is 2. The Labute approximate surface area is 159 Å². The van der Waals surface area contributed by atoms with Crippen LogP contribution in [0.4, 0.5) is 14.5 Å². The maximum Gasteiger partial charge on any atom is 0.287 e. The molecular formula is C20H18F2N4O2. The monoisotopic (exact) mass is 384 g/mol. The highest BCUT2D eigenvalue weighted by Crippen LogP contribution is 2.20. The highest BCUT2D eigenvalue weighted by atomic mass is 19.1. The number of hydrogen-bond donors (Lipinski definition) is 2. The van der Waals surface area contributed by atoms with Crippen molar-refractivity contribution >= 4 is 23.0 Å². The number of halogens is 2. The van der Waals surface area contributed by atoms with E-state index in [2.05, 4.69) is 15.6 Å². The number of amides is 2. The first-order valence-corrected chi connectivity index (χ1v) is 9.07. The zero-order valence-corrected chi connectivity index (χ0v) is 14.9. The summed E-state index contributed by atoms with van der Waals surface area (Å²) in [5.74, 6) is -2.59. The van der Waals surface area contributed by atoms with Crippen LogP contribution >= 0.6 is 0 Å². The second-order valence-corrected chi connectivity index (χ2v) is 6.77. The van der Waals surface area contributed by atoms with E-state index in [0.29, 0.717) is 11.6 Å². The van der Waals surface area contributed by atoms with Crippen molar-refractivity contribution in [1.82, 2.24) is 14.7 Å². The van der Waals surface area contributed by atoms with Crippen LogP contribution < -0.4 is 10.6 Å². The maximum absolute atomic E-state index is 13.9. The number of rotatable bonds is 4. The molecule has 0 spiro atoms. The predicted octanol–water partition coefficient (Wildman–Crippen LogP) is 3.54. The molecule has 0 unspecified atom stereocenters. The number of benzene rings is 1. The molecule has 2 heterocycles. The lowest BCUT2D eigenvalue weighted by atomic mass is 10.2. The van der Waals surface area contributed by atoms with E-state index in [1.54, 1.807) is 24.4 Å². The van der Waals surface area contributed by atoms with Gasteiger partial charge in [-0.1, -0.05) is 18.9 Å². The fourth-order valence-electron chi connectivity index (χ4n) is 3.46. The lowest BCUT2D eigenvalue weighted by Crippen LogP contribution is -2.33. The van der Waals surface area contributed by atoms with Crippen LogP contribution in [0.1, 0.15) is 46.8 Å². The summed E-state index contributed by atoms with van der Waals surface area (Å²) in [4.78, 5) is 29.6. The molecule has 2 amide bonds. The smallest absolute Gasteiger partial charge is 0.287 e. The molecule has 144 valence electrons.